The number of aromatic nitrogens is 2. The second-order valence-electron chi connectivity index (χ2n) is 8.64. The van der Waals surface area contributed by atoms with Crippen LogP contribution in [-0.2, 0) is 9.59 Å². The van der Waals surface area contributed by atoms with Crippen LogP contribution in [0.5, 0.6) is 0 Å². The molecule has 1 atom stereocenters. The summed E-state index contributed by atoms with van der Waals surface area (Å²) in [4.78, 5) is 33.3. The zero-order valence-electron chi connectivity index (χ0n) is 18.0. The summed E-state index contributed by atoms with van der Waals surface area (Å²) in [6.45, 7) is 4.98. The molecule has 2 amide bonds. The molecule has 3 saturated heterocycles. The number of nitrogens with zero attached hydrogens (tertiary/aromatic N) is 6. The van der Waals surface area contributed by atoms with Crippen molar-refractivity contribution in [3.05, 3.63) is 42.2 Å². The highest BCUT2D eigenvalue weighted by Crippen LogP contribution is 2.27. The van der Waals surface area contributed by atoms with Crippen molar-refractivity contribution in [1.82, 2.24) is 15.1 Å². The molecule has 3 aliphatic heterocycles. The molecule has 0 N–H and O–H groups in total. The average Bonchev–Trinajstić information content (AvgIpc) is 3.50. The third-order valence-corrected chi connectivity index (χ3v) is 6.59. The van der Waals surface area contributed by atoms with Crippen LogP contribution in [0.3, 0.4) is 0 Å². The van der Waals surface area contributed by atoms with Gasteiger partial charge in [-0.1, -0.05) is 0 Å². The van der Waals surface area contributed by atoms with Gasteiger partial charge in [-0.25, -0.2) is 4.39 Å². The molecule has 3 aliphatic rings. The highest BCUT2D eigenvalue weighted by Gasteiger charge is 2.38. The van der Waals surface area contributed by atoms with E-state index in [0.29, 0.717) is 38.4 Å². The lowest BCUT2D eigenvalue weighted by atomic mass is 10.1. The minimum absolute atomic E-state index is 0.0121. The lowest BCUT2D eigenvalue weighted by Crippen LogP contribution is -2.51. The Hall–Kier alpha value is -3.23. The van der Waals surface area contributed by atoms with E-state index >= 15 is 0 Å². The highest BCUT2D eigenvalue weighted by atomic mass is 19.1. The van der Waals surface area contributed by atoms with Gasteiger partial charge in [-0.15, -0.1) is 10.2 Å². The fourth-order valence-electron chi connectivity index (χ4n) is 4.76. The Bertz CT molecular complexity index is 969. The predicted molar refractivity (Wildman–Crippen MR) is 119 cm³/mol. The summed E-state index contributed by atoms with van der Waals surface area (Å²) in [7, 11) is 0. The predicted octanol–water partition coefficient (Wildman–Crippen LogP) is 1.92. The van der Waals surface area contributed by atoms with Crippen LogP contribution in [0, 0.1) is 11.7 Å². The van der Waals surface area contributed by atoms with Crippen molar-refractivity contribution in [2.45, 2.75) is 19.3 Å². The molecule has 2 aromatic rings. The highest BCUT2D eigenvalue weighted by molar-refractivity contribution is 6.00. The van der Waals surface area contributed by atoms with E-state index in [9.17, 15) is 14.0 Å². The molecule has 3 fully saturated rings. The van der Waals surface area contributed by atoms with Crippen molar-refractivity contribution < 1.29 is 14.0 Å². The summed E-state index contributed by atoms with van der Waals surface area (Å²) in [6.07, 6.45) is 2.60. The van der Waals surface area contributed by atoms with Gasteiger partial charge in [0.05, 0.1) is 5.92 Å². The molecular weight excluding hydrogens is 411 g/mol. The number of benzene rings is 1. The molecule has 0 bridgehead atoms. The molecule has 0 spiro atoms. The lowest BCUT2D eigenvalue weighted by Gasteiger charge is -2.36. The van der Waals surface area contributed by atoms with Gasteiger partial charge in [0.15, 0.2) is 11.6 Å². The van der Waals surface area contributed by atoms with Crippen LogP contribution in [0.1, 0.15) is 19.3 Å². The molecule has 8 nitrogen and oxygen atoms in total. The van der Waals surface area contributed by atoms with Crippen LogP contribution in [0.2, 0.25) is 0 Å². The molecule has 1 unspecified atom stereocenters. The number of rotatable bonds is 4. The minimum Gasteiger partial charge on any atom is -0.355 e. The van der Waals surface area contributed by atoms with Crippen molar-refractivity contribution in [2.75, 3.05) is 60.5 Å². The normalized spacial score (nSPS) is 21.5. The Kier molecular flexibility index (Phi) is 5.63. The number of piperazine rings is 1. The molecule has 32 heavy (non-hydrogen) atoms. The first-order valence-electron chi connectivity index (χ1n) is 11.3. The van der Waals surface area contributed by atoms with E-state index in [4.69, 9.17) is 0 Å². The molecule has 0 aliphatic carbocycles. The van der Waals surface area contributed by atoms with Crippen LogP contribution < -0.4 is 14.7 Å². The van der Waals surface area contributed by atoms with Gasteiger partial charge in [0.2, 0.25) is 11.8 Å². The van der Waals surface area contributed by atoms with Crippen molar-refractivity contribution in [2.24, 2.45) is 5.92 Å². The second-order valence-corrected chi connectivity index (χ2v) is 8.64. The van der Waals surface area contributed by atoms with Crippen LogP contribution in [-0.4, -0.2) is 72.7 Å². The van der Waals surface area contributed by atoms with Crippen molar-refractivity contribution in [3.8, 4) is 0 Å². The summed E-state index contributed by atoms with van der Waals surface area (Å²) in [6, 6.07) is 9.85. The summed E-state index contributed by atoms with van der Waals surface area (Å²) < 4.78 is 13.2. The number of anilines is 3. The van der Waals surface area contributed by atoms with Gasteiger partial charge >= 0.3 is 0 Å². The van der Waals surface area contributed by atoms with Crippen molar-refractivity contribution >= 4 is 29.1 Å². The van der Waals surface area contributed by atoms with Gasteiger partial charge in [-0.3, -0.25) is 9.59 Å². The van der Waals surface area contributed by atoms with Crippen molar-refractivity contribution in [3.63, 3.8) is 0 Å². The third kappa shape index (κ3) is 4.11. The smallest absolute Gasteiger partial charge is 0.228 e. The first-order chi connectivity index (χ1) is 15.6. The summed E-state index contributed by atoms with van der Waals surface area (Å²) >= 11 is 0. The SMILES string of the molecule is O=C(C1CC(=O)N(c2ccc(F)cc2)C1)N1CCN(c2ccc(N3CCCC3)nn2)CC1. The van der Waals surface area contributed by atoms with Crippen molar-refractivity contribution in [1.29, 1.82) is 0 Å². The van der Waals surface area contributed by atoms with E-state index in [1.807, 2.05) is 17.0 Å². The second kappa shape index (κ2) is 8.72. The van der Waals surface area contributed by atoms with Gasteiger partial charge in [0.1, 0.15) is 5.82 Å². The van der Waals surface area contributed by atoms with E-state index in [1.54, 1.807) is 17.0 Å². The van der Waals surface area contributed by atoms with E-state index in [2.05, 4.69) is 20.0 Å². The number of carbonyl (C=O) groups excluding carboxylic acids is 2. The number of halogens is 1. The number of carbonyl (C=O) groups is 2. The molecule has 1 aromatic carbocycles. The molecule has 5 rings (SSSR count). The quantitative estimate of drug-likeness (QED) is 0.726. The van der Waals surface area contributed by atoms with E-state index in [0.717, 1.165) is 24.7 Å². The van der Waals surface area contributed by atoms with E-state index in [1.165, 1.54) is 25.0 Å². The van der Waals surface area contributed by atoms with E-state index < -0.39 is 0 Å². The minimum atomic E-state index is -0.362. The molecule has 0 radical (unpaired) electrons. The maximum absolute atomic E-state index is 13.2. The third-order valence-electron chi connectivity index (χ3n) is 6.59. The topological polar surface area (TPSA) is 72.9 Å². The molecule has 0 saturated carbocycles. The average molecular weight is 439 g/mol. The monoisotopic (exact) mass is 438 g/mol. The zero-order valence-corrected chi connectivity index (χ0v) is 18.0. The maximum Gasteiger partial charge on any atom is 0.228 e. The molecule has 4 heterocycles. The summed E-state index contributed by atoms with van der Waals surface area (Å²) in [5.41, 5.74) is 0.632. The largest absolute Gasteiger partial charge is 0.355 e. The number of hydrogen-bond donors (Lipinski definition) is 0. The Morgan fingerprint density at radius 2 is 1.44 bits per heavy atom. The van der Waals surface area contributed by atoms with Gasteiger partial charge in [0, 0.05) is 57.9 Å². The zero-order chi connectivity index (χ0) is 22.1. The summed E-state index contributed by atoms with van der Waals surface area (Å²) in [5.74, 6) is 0.968. The Labute approximate surface area is 186 Å². The molecule has 168 valence electrons. The van der Waals surface area contributed by atoms with Crippen LogP contribution in [0.4, 0.5) is 21.7 Å². The fraction of sp³-hybridized carbons (Fsp3) is 0.478. The van der Waals surface area contributed by atoms with Crippen LogP contribution >= 0.6 is 0 Å². The van der Waals surface area contributed by atoms with Gasteiger partial charge in [0.25, 0.3) is 0 Å². The van der Waals surface area contributed by atoms with Crippen LogP contribution in [0.25, 0.3) is 0 Å². The van der Waals surface area contributed by atoms with E-state index in [-0.39, 0.29) is 30.0 Å². The lowest BCUT2D eigenvalue weighted by molar-refractivity contribution is -0.136. The summed E-state index contributed by atoms with van der Waals surface area (Å²) in [5, 5.41) is 8.80. The van der Waals surface area contributed by atoms with Gasteiger partial charge in [-0.05, 0) is 49.2 Å². The Morgan fingerprint density at radius 1 is 0.844 bits per heavy atom. The number of amides is 2. The standard InChI is InChI=1S/C23H27FN6O2/c24-18-3-5-19(6-4-18)30-16-17(15-22(30)31)23(32)29-13-11-28(12-14-29)21-8-7-20(25-26-21)27-9-1-2-10-27/h3-8,17H,1-2,9-16H2. The molecule has 1 aromatic heterocycles. The molecular formula is C23H27FN6O2. The first-order valence-corrected chi connectivity index (χ1v) is 11.3. The maximum atomic E-state index is 13.2. The van der Waals surface area contributed by atoms with Gasteiger partial charge in [-0.2, -0.15) is 0 Å². The Morgan fingerprint density at radius 3 is 2.03 bits per heavy atom. The fourth-order valence-corrected chi connectivity index (χ4v) is 4.76. The van der Waals surface area contributed by atoms with Crippen LogP contribution in [0.15, 0.2) is 36.4 Å². The number of hydrogen-bond acceptors (Lipinski definition) is 6. The van der Waals surface area contributed by atoms with Gasteiger partial charge < -0.3 is 19.6 Å². The first kappa shape index (κ1) is 20.7. The Balaban J connectivity index is 1.16. The molecule has 9 heteroatoms.